The zero-order valence-electron chi connectivity index (χ0n) is 19.0. The minimum Gasteiger partial charge on any atom is -0.340 e. The molecule has 2 saturated heterocycles. The van der Waals surface area contributed by atoms with Gasteiger partial charge in [0.1, 0.15) is 0 Å². The van der Waals surface area contributed by atoms with Crippen LogP contribution in [0.2, 0.25) is 0 Å². The number of benzene rings is 1. The summed E-state index contributed by atoms with van der Waals surface area (Å²) in [6.07, 6.45) is 12.6. The van der Waals surface area contributed by atoms with Gasteiger partial charge in [-0.1, -0.05) is 48.6 Å². The molecule has 0 bridgehead atoms. The summed E-state index contributed by atoms with van der Waals surface area (Å²) in [4.78, 5) is 32.4. The second-order valence-corrected chi connectivity index (χ2v) is 9.97. The third-order valence-electron chi connectivity index (χ3n) is 8.01. The second kappa shape index (κ2) is 9.22. The van der Waals surface area contributed by atoms with Crippen molar-refractivity contribution in [1.29, 1.82) is 0 Å². The van der Waals surface area contributed by atoms with Crippen LogP contribution in [0.3, 0.4) is 0 Å². The van der Waals surface area contributed by atoms with Gasteiger partial charge in [-0.05, 0) is 49.5 Å². The molecule has 0 aromatic heterocycles. The first-order valence-corrected chi connectivity index (χ1v) is 12.4. The largest absolute Gasteiger partial charge is 0.340 e. The van der Waals surface area contributed by atoms with Crippen molar-refractivity contribution in [1.82, 2.24) is 14.7 Å². The van der Waals surface area contributed by atoms with Crippen LogP contribution in [-0.4, -0.2) is 72.3 Å². The maximum absolute atomic E-state index is 13.2. The Hall–Kier alpha value is -2.40. The van der Waals surface area contributed by atoms with E-state index in [2.05, 4.69) is 52.3 Å². The quantitative estimate of drug-likeness (QED) is 0.713. The highest BCUT2D eigenvalue weighted by Crippen LogP contribution is 2.60. The number of hydrogen-bond acceptors (Lipinski definition) is 3. The summed E-state index contributed by atoms with van der Waals surface area (Å²) in [5.74, 6) is 0.802. The Kier molecular flexibility index (Phi) is 6.18. The highest BCUT2D eigenvalue weighted by molar-refractivity contribution is 5.94. The molecule has 0 radical (unpaired) electrons. The lowest BCUT2D eigenvalue weighted by Gasteiger charge is -2.36. The zero-order chi connectivity index (χ0) is 22.0. The number of carbonyl (C=O) groups excluding carboxylic acids is 2. The van der Waals surface area contributed by atoms with Crippen molar-refractivity contribution < 1.29 is 9.59 Å². The standard InChI is InChI=1S/C27H35N3O2/c31-25(23-10-4-5-11-23)29-15-12-27(13-16-29)21-24(27)26(32)30-19-17-28(18-20-30)14-6-9-22-7-2-1-3-8-22/h1-3,6-10,24H,4-5,11-21H2/b9-6+/t24-/m1/s1. The number of rotatable bonds is 5. The fourth-order valence-electron chi connectivity index (χ4n) is 5.75. The van der Waals surface area contributed by atoms with Gasteiger partial charge in [0.15, 0.2) is 0 Å². The van der Waals surface area contributed by atoms with E-state index >= 15 is 0 Å². The number of carbonyl (C=O) groups is 2. The van der Waals surface area contributed by atoms with Gasteiger partial charge in [0.25, 0.3) is 0 Å². The molecular formula is C27H35N3O2. The predicted molar refractivity (Wildman–Crippen MR) is 127 cm³/mol. The number of hydrogen-bond donors (Lipinski definition) is 0. The van der Waals surface area contributed by atoms with Crippen LogP contribution in [0.25, 0.3) is 6.08 Å². The third kappa shape index (κ3) is 4.54. The molecule has 5 rings (SSSR count). The van der Waals surface area contributed by atoms with Crippen LogP contribution in [0.15, 0.2) is 48.1 Å². The molecule has 2 amide bonds. The van der Waals surface area contributed by atoms with Gasteiger partial charge in [-0.25, -0.2) is 0 Å². The lowest BCUT2D eigenvalue weighted by molar-refractivity contribution is -0.135. The van der Waals surface area contributed by atoms with Crippen molar-refractivity contribution >= 4 is 17.9 Å². The molecular weight excluding hydrogens is 398 g/mol. The SMILES string of the molecule is O=C(C1=CCCC1)N1CCC2(CC1)C[C@@H]2C(=O)N1CCN(C/C=C/c2ccccc2)CC1. The topological polar surface area (TPSA) is 43.9 Å². The molecule has 0 N–H and O–H groups in total. The van der Waals surface area contributed by atoms with E-state index in [9.17, 15) is 9.59 Å². The van der Waals surface area contributed by atoms with E-state index in [1.807, 2.05) is 11.0 Å². The number of allylic oxidation sites excluding steroid dienone is 1. The van der Waals surface area contributed by atoms with E-state index in [4.69, 9.17) is 0 Å². The van der Waals surface area contributed by atoms with E-state index in [0.29, 0.717) is 5.91 Å². The van der Waals surface area contributed by atoms with Crippen LogP contribution in [0.4, 0.5) is 0 Å². The van der Waals surface area contributed by atoms with Crippen LogP contribution >= 0.6 is 0 Å². The van der Waals surface area contributed by atoms with Gasteiger partial charge in [-0.2, -0.15) is 0 Å². The predicted octanol–water partition coefficient (Wildman–Crippen LogP) is 3.58. The minimum atomic E-state index is 0.174. The smallest absolute Gasteiger partial charge is 0.249 e. The van der Waals surface area contributed by atoms with Crippen molar-refractivity contribution in [3.05, 3.63) is 53.6 Å². The zero-order valence-corrected chi connectivity index (χ0v) is 19.0. The van der Waals surface area contributed by atoms with Crippen molar-refractivity contribution in [3.63, 3.8) is 0 Å². The lowest BCUT2D eigenvalue weighted by atomic mass is 9.90. The lowest BCUT2D eigenvalue weighted by Crippen LogP contribution is -2.49. The molecule has 0 unspecified atom stereocenters. The highest BCUT2D eigenvalue weighted by Gasteiger charge is 2.59. The first-order valence-electron chi connectivity index (χ1n) is 12.4. The fourth-order valence-corrected chi connectivity index (χ4v) is 5.75. The van der Waals surface area contributed by atoms with Gasteiger partial charge in [-0.15, -0.1) is 0 Å². The maximum Gasteiger partial charge on any atom is 0.249 e. The van der Waals surface area contributed by atoms with Crippen LogP contribution in [0.5, 0.6) is 0 Å². The second-order valence-electron chi connectivity index (χ2n) is 9.97. The van der Waals surface area contributed by atoms with Gasteiger partial charge in [0.2, 0.25) is 11.8 Å². The number of piperidine rings is 1. The molecule has 32 heavy (non-hydrogen) atoms. The Bertz CT molecular complexity index is 891. The van der Waals surface area contributed by atoms with Gasteiger partial charge >= 0.3 is 0 Å². The summed E-state index contributed by atoms with van der Waals surface area (Å²) in [6.45, 7) is 6.14. The first-order chi connectivity index (χ1) is 15.6. The minimum absolute atomic E-state index is 0.174. The average molecular weight is 434 g/mol. The monoisotopic (exact) mass is 433 g/mol. The van der Waals surface area contributed by atoms with Gasteiger partial charge in [0.05, 0.1) is 0 Å². The molecule has 5 nitrogen and oxygen atoms in total. The Morgan fingerprint density at radius 3 is 2.41 bits per heavy atom. The Labute approximate surface area is 191 Å². The molecule has 2 aliphatic heterocycles. The molecule has 2 aliphatic carbocycles. The summed E-state index contributed by atoms with van der Waals surface area (Å²) in [5, 5.41) is 0. The summed E-state index contributed by atoms with van der Waals surface area (Å²) in [7, 11) is 0. The van der Waals surface area contributed by atoms with Crippen LogP contribution in [0.1, 0.15) is 44.1 Å². The van der Waals surface area contributed by atoms with Crippen molar-refractivity contribution in [2.75, 3.05) is 45.8 Å². The van der Waals surface area contributed by atoms with E-state index in [1.165, 1.54) is 5.56 Å². The van der Waals surface area contributed by atoms with E-state index < -0.39 is 0 Å². The molecule has 2 heterocycles. The Morgan fingerprint density at radius 2 is 1.72 bits per heavy atom. The van der Waals surface area contributed by atoms with Gasteiger partial charge in [-0.3, -0.25) is 14.5 Å². The number of nitrogens with zero attached hydrogens (tertiary/aromatic N) is 3. The maximum atomic E-state index is 13.2. The fraction of sp³-hybridized carbons (Fsp3) is 0.556. The molecule has 5 heteroatoms. The van der Waals surface area contributed by atoms with Crippen molar-refractivity contribution in [2.45, 2.75) is 38.5 Å². The average Bonchev–Trinajstić information content (AvgIpc) is 3.26. The molecule has 1 aromatic rings. The van der Waals surface area contributed by atoms with Crippen LogP contribution < -0.4 is 0 Å². The summed E-state index contributed by atoms with van der Waals surface area (Å²) in [6, 6.07) is 10.4. The van der Waals surface area contributed by atoms with Gasteiger partial charge < -0.3 is 9.80 Å². The highest BCUT2D eigenvalue weighted by atomic mass is 16.2. The Morgan fingerprint density at radius 1 is 0.969 bits per heavy atom. The van der Waals surface area contributed by atoms with Gasteiger partial charge in [0, 0.05) is 57.3 Å². The van der Waals surface area contributed by atoms with Crippen molar-refractivity contribution in [3.8, 4) is 0 Å². The molecule has 3 fully saturated rings. The van der Waals surface area contributed by atoms with E-state index in [-0.39, 0.29) is 17.2 Å². The molecule has 1 atom stereocenters. The summed E-state index contributed by atoms with van der Waals surface area (Å²) in [5.41, 5.74) is 2.42. The van der Waals surface area contributed by atoms with Crippen LogP contribution in [-0.2, 0) is 9.59 Å². The molecule has 1 aromatic carbocycles. The molecule has 1 saturated carbocycles. The third-order valence-corrected chi connectivity index (χ3v) is 8.01. The Balaban J connectivity index is 1.05. The number of amides is 2. The van der Waals surface area contributed by atoms with Crippen LogP contribution in [0, 0.1) is 11.3 Å². The molecule has 170 valence electrons. The van der Waals surface area contributed by atoms with E-state index in [1.54, 1.807) is 0 Å². The summed E-state index contributed by atoms with van der Waals surface area (Å²) >= 11 is 0. The van der Waals surface area contributed by atoms with E-state index in [0.717, 1.165) is 89.9 Å². The summed E-state index contributed by atoms with van der Waals surface area (Å²) < 4.78 is 0. The number of piperazine rings is 1. The first kappa shape index (κ1) is 21.4. The molecule has 1 spiro atoms. The normalized spacial score (nSPS) is 25.4. The van der Waals surface area contributed by atoms with Crippen molar-refractivity contribution in [2.24, 2.45) is 11.3 Å². The molecule has 4 aliphatic rings. The number of likely N-dealkylation sites (tertiary alicyclic amines) is 1.